The van der Waals surface area contributed by atoms with Crippen LogP contribution in [0.4, 0.5) is 0 Å². The van der Waals surface area contributed by atoms with Crippen molar-refractivity contribution >= 4 is 21.8 Å². The van der Waals surface area contributed by atoms with Gasteiger partial charge < -0.3 is 19.1 Å². The van der Waals surface area contributed by atoms with Crippen LogP contribution >= 0.6 is 15.9 Å². The van der Waals surface area contributed by atoms with Gasteiger partial charge in [0.05, 0.1) is 19.6 Å². The summed E-state index contributed by atoms with van der Waals surface area (Å²) >= 11 is 3.53. The molecule has 0 saturated carbocycles. The highest BCUT2D eigenvalue weighted by Gasteiger charge is 2.22. The van der Waals surface area contributed by atoms with Gasteiger partial charge in [0.2, 0.25) is 5.91 Å². The highest BCUT2D eigenvalue weighted by molar-refractivity contribution is 9.10. The Labute approximate surface area is 162 Å². The van der Waals surface area contributed by atoms with Crippen LogP contribution in [0, 0.1) is 0 Å². The molecule has 0 saturated heterocycles. The predicted molar refractivity (Wildman–Crippen MR) is 103 cm³/mol. The van der Waals surface area contributed by atoms with Crippen LogP contribution in [0.5, 0.6) is 17.2 Å². The number of likely N-dealkylation sites (N-methyl/N-ethyl adjacent to an activating group) is 1. The number of nitrogens with zero attached hydrogens (tertiary/aromatic N) is 1. The second-order valence-corrected chi connectivity index (χ2v) is 7.04. The van der Waals surface area contributed by atoms with Gasteiger partial charge in [-0.3, -0.25) is 4.79 Å². The van der Waals surface area contributed by atoms with E-state index in [2.05, 4.69) is 15.9 Å². The van der Waals surface area contributed by atoms with Crippen LogP contribution in [0.1, 0.15) is 24.1 Å². The van der Waals surface area contributed by atoms with E-state index in [1.165, 1.54) is 0 Å². The van der Waals surface area contributed by atoms with Gasteiger partial charge in [0.1, 0.15) is 19.0 Å². The molecule has 6 heteroatoms. The molecule has 1 atom stereocenters. The lowest BCUT2D eigenvalue weighted by molar-refractivity contribution is -0.131. The molecular weight excluding hydrogens is 398 g/mol. The number of fused-ring (bicyclic) bond motifs is 1. The van der Waals surface area contributed by atoms with E-state index in [1.807, 2.05) is 50.4 Å². The predicted octanol–water partition coefficient (Wildman–Crippen LogP) is 3.99. The lowest BCUT2D eigenvalue weighted by Crippen LogP contribution is -2.31. The number of carbonyl (C=O) groups excluding carboxylic acids is 1. The fourth-order valence-electron chi connectivity index (χ4n) is 2.97. The highest BCUT2D eigenvalue weighted by atomic mass is 79.9. The number of benzene rings is 2. The summed E-state index contributed by atoms with van der Waals surface area (Å²) in [6.07, 6.45) is 0.271. The summed E-state index contributed by atoms with van der Waals surface area (Å²) in [5.41, 5.74) is 1.85. The van der Waals surface area contributed by atoms with Gasteiger partial charge in [0.15, 0.2) is 11.5 Å². The summed E-state index contributed by atoms with van der Waals surface area (Å²) in [6, 6.07) is 11.4. The van der Waals surface area contributed by atoms with E-state index < -0.39 is 0 Å². The van der Waals surface area contributed by atoms with E-state index in [0.29, 0.717) is 24.7 Å². The van der Waals surface area contributed by atoms with Gasteiger partial charge in [-0.15, -0.1) is 0 Å². The molecule has 1 aliphatic heterocycles. The van der Waals surface area contributed by atoms with Crippen molar-refractivity contribution in [1.82, 2.24) is 4.90 Å². The summed E-state index contributed by atoms with van der Waals surface area (Å²) in [7, 11) is 3.45. The Bertz CT molecular complexity index is 808. The summed E-state index contributed by atoms with van der Waals surface area (Å²) in [5, 5.41) is 0. The molecule has 0 fully saturated rings. The lowest BCUT2D eigenvalue weighted by Gasteiger charge is -2.27. The molecule has 0 bridgehead atoms. The molecule has 1 aliphatic rings. The van der Waals surface area contributed by atoms with E-state index in [0.717, 1.165) is 21.3 Å². The van der Waals surface area contributed by atoms with E-state index >= 15 is 0 Å². The van der Waals surface area contributed by atoms with Crippen molar-refractivity contribution in [1.29, 1.82) is 0 Å². The Hall–Kier alpha value is -2.21. The number of amides is 1. The summed E-state index contributed by atoms with van der Waals surface area (Å²) in [6.45, 7) is 3.05. The van der Waals surface area contributed by atoms with Gasteiger partial charge >= 0.3 is 0 Å². The topological polar surface area (TPSA) is 48.0 Å². The molecule has 1 heterocycles. The number of hydrogen-bond acceptors (Lipinski definition) is 4. The van der Waals surface area contributed by atoms with E-state index in [4.69, 9.17) is 14.2 Å². The van der Waals surface area contributed by atoms with E-state index in [9.17, 15) is 4.79 Å². The van der Waals surface area contributed by atoms with Crippen LogP contribution in [0.15, 0.2) is 40.9 Å². The van der Waals surface area contributed by atoms with Crippen molar-refractivity contribution in [3.05, 3.63) is 52.0 Å². The summed E-state index contributed by atoms with van der Waals surface area (Å²) in [4.78, 5) is 14.6. The molecule has 5 nitrogen and oxygen atoms in total. The van der Waals surface area contributed by atoms with E-state index in [-0.39, 0.29) is 18.4 Å². The first-order valence-corrected chi connectivity index (χ1v) is 9.27. The number of halogens is 1. The minimum absolute atomic E-state index is 0.0146. The normalized spacial score (nSPS) is 13.8. The van der Waals surface area contributed by atoms with Crippen LogP contribution in [0.3, 0.4) is 0 Å². The number of ether oxygens (including phenoxy) is 3. The van der Waals surface area contributed by atoms with Crippen molar-refractivity contribution in [2.24, 2.45) is 0 Å². The molecule has 0 aromatic heterocycles. The third-order valence-corrected chi connectivity index (χ3v) is 5.35. The summed E-state index contributed by atoms with van der Waals surface area (Å²) in [5.74, 6) is 2.18. The zero-order valence-corrected chi connectivity index (χ0v) is 16.7. The molecule has 0 N–H and O–H groups in total. The number of rotatable bonds is 5. The average molecular weight is 420 g/mol. The van der Waals surface area contributed by atoms with Crippen LogP contribution in [0.2, 0.25) is 0 Å². The maximum Gasteiger partial charge on any atom is 0.227 e. The Morgan fingerprint density at radius 1 is 1.23 bits per heavy atom. The minimum atomic E-state index is -0.102. The Morgan fingerprint density at radius 2 is 1.88 bits per heavy atom. The fraction of sp³-hybridized carbons (Fsp3) is 0.350. The van der Waals surface area contributed by atoms with Crippen LogP contribution < -0.4 is 14.2 Å². The highest BCUT2D eigenvalue weighted by Crippen LogP contribution is 2.36. The molecule has 2 aromatic carbocycles. The van der Waals surface area contributed by atoms with Gasteiger partial charge in [-0.1, -0.05) is 34.1 Å². The Morgan fingerprint density at radius 3 is 2.58 bits per heavy atom. The first-order chi connectivity index (χ1) is 12.5. The molecule has 26 heavy (non-hydrogen) atoms. The molecule has 1 amide bonds. The standard InChI is InChI=1S/C20H22BrNO4/c1-13(15-6-4-5-7-17(15)24-3)22(2)20(23)11-14-10-18-19(12-16(14)21)26-9-8-25-18/h4-7,10,12-13H,8-9,11H2,1-3H3. The van der Waals surface area contributed by atoms with Crippen LogP contribution in [-0.2, 0) is 11.2 Å². The molecule has 138 valence electrons. The van der Waals surface area contributed by atoms with Gasteiger partial charge in [0.25, 0.3) is 0 Å². The van der Waals surface area contributed by atoms with Crippen molar-refractivity contribution in [3.63, 3.8) is 0 Å². The SMILES string of the molecule is COc1ccccc1C(C)N(C)C(=O)Cc1cc2c(cc1Br)OCCO2. The van der Waals surface area contributed by atoms with Crippen molar-refractivity contribution < 1.29 is 19.0 Å². The minimum Gasteiger partial charge on any atom is -0.496 e. The zero-order valence-electron chi connectivity index (χ0n) is 15.1. The lowest BCUT2D eigenvalue weighted by atomic mass is 10.0. The second kappa shape index (κ2) is 7.99. The molecule has 0 spiro atoms. The maximum absolute atomic E-state index is 12.8. The van der Waals surface area contributed by atoms with Crippen LogP contribution in [-0.4, -0.2) is 38.2 Å². The molecular formula is C20H22BrNO4. The Kier molecular flexibility index (Phi) is 5.71. The van der Waals surface area contributed by atoms with Crippen molar-refractivity contribution in [2.75, 3.05) is 27.4 Å². The maximum atomic E-state index is 12.8. The van der Waals surface area contributed by atoms with Crippen LogP contribution in [0.25, 0.3) is 0 Å². The molecule has 0 radical (unpaired) electrons. The second-order valence-electron chi connectivity index (χ2n) is 6.19. The van der Waals surface area contributed by atoms with Crippen molar-refractivity contribution in [2.45, 2.75) is 19.4 Å². The third-order valence-electron chi connectivity index (χ3n) is 4.62. The van der Waals surface area contributed by atoms with Gasteiger partial charge in [-0.25, -0.2) is 0 Å². The first kappa shape index (κ1) is 18.6. The molecule has 1 unspecified atom stereocenters. The van der Waals surface area contributed by atoms with Gasteiger partial charge in [0, 0.05) is 17.1 Å². The largest absolute Gasteiger partial charge is 0.496 e. The third kappa shape index (κ3) is 3.80. The number of para-hydroxylation sites is 1. The smallest absolute Gasteiger partial charge is 0.227 e. The zero-order chi connectivity index (χ0) is 18.7. The van der Waals surface area contributed by atoms with Gasteiger partial charge in [-0.2, -0.15) is 0 Å². The average Bonchev–Trinajstić information content (AvgIpc) is 2.67. The fourth-order valence-corrected chi connectivity index (χ4v) is 3.43. The number of methoxy groups -OCH3 is 1. The Balaban J connectivity index is 1.77. The molecule has 2 aromatic rings. The quantitative estimate of drug-likeness (QED) is 0.734. The number of carbonyl (C=O) groups is 1. The molecule has 0 aliphatic carbocycles. The van der Waals surface area contributed by atoms with Gasteiger partial charge in [-0.05, 0) is 30.7 Å². The monoisotopic (exact) mass is 419 g/mol. The molecule has 3 rings (SSSR count). The van der Waals surface area contributed by atoms with Crippen molar-refractivity contribution in [3.8, 4) is 17.2 Å². The first-order valence-electron chi connectivity index (χ1n) is 8.48. The number of hydrogen-bond donors (Lipinski definition) is 0. The summed E-state index contributed by atoms with van der Waals surface area (Å²) < 4.78 is 17.5. The van der Waals surface area contributed by atoms with E-state index in [1.54, 1.807) is 12.0 Å².